The quantitative estimate of drug-likeness (QED) is 0.816. The molecule has 2 rings (SSSR count). The van der Waals surface area contributed by atoms with Crippen LogP contribution in [0, 0.1) is 0 Å². The molecule has 5 nitrogen and oxygen atoms in total. The van der Waals surface area contributed by atoms with E-state index in [9.17, 15) is 9.90 Å². The largest absolute Gasteiger partial charge is 0.493 e. The van der Waals surface area contributed by atoms with Crippen LogP contribution in [0.5, 0.6) is 11.5 Å². The van der Waals surface area contributed by atoms with Crippen molar-refractivity contribution < 1.29 is 24.1 Å². The fraction of sp³-hybridized carbons (Fsp3) is 0.562. The van der Waals surface area contributed by atoms with Gasteiger partial charge in [-0.2, -0.15) is 0 Å². The van der Waals surface area contributed by atoms with Gasteiger partial charge in [-0.1, -0.05) is 0 Å². The molecule has 0 fully saturated rings. The number of fused-ring (bicyclic) bond motifs is 1. The van der Waals surface area contributed by atoms with E-state index in [-0.39, 0.29) is 12.5 Å². The summed E-state index contributed by atoms with van der Waals surface area (Å²) < 4.78 is 16.2. The summed E-state index contributed by atoms with van der Waals surface area (Å²) in [6.45, 7) is 6.41. The number of hydrogen-bond acceptors (Lipinski definition) is 5. The highest BCUT2D eigenvalue weighted by molar-refractivity contribution is 5.70. The van der Waals surface area contributed by atoms with Crippen molar-refractivity contribution in [3.05, 3.63) is 23.3 Å². The number of carbonyl (C=O) groups excluding carboxylic acids is 1. The zero-order valence-corrected chi connectivity index (χ0v) is 12.7. The van der Waals surface area contributed by atoms with E-state index in [0.717, 1.165) is 17.7 Å². The van der Waals surface area contributed by atoms with Crippen molar-refractivity contribution >= 4 is 5.97 Å². The summed E-state index contributed by atoms with van der Waals surface area (Å²) in [5.41, 5.74) is 1.63. The van der Waals surface area contributed by atoms with Gasteiger partial charge in [-0.25, -0.2) is 0 Å². The molecule has 1 aromatic rings. The van der Waals surface area contributed by atoms with Gasteiger partial charge < -0.3 is 19.3 Å². The van der Waals surface area contributed by atoms with Gasteiger partial charge in [0.2, 0.25) is 0 Å². The standard InChI is InChI=1S/C16H22O5/c1-4-19-15-7-11-6-10(3)21-14(11)8-12(15)13(17)9-16(18)20-5-2/h7-8,10,13,17H,4-6,9H2,1-3H3. The summed E-state index contributed by atoms with van der Waals surface area (Å²) in [5, 5.41) is 10.3. The zero-order valence-electron chi connectivity index (χ0n) is 12.7. The van der Waals surface area contributed by atoms with Crippen LogP contribution in [0.15, 0.2) is 12.1 Å². The maximum Gasteiger partial charge on any atom is 0.308 e. The maximum atomic E-state index is 11.5. The van der Waals surface area contributed by atoms with Crippen molar-refractivity contribution in [2.45, 2.75) is 45.8 Å². The molecule has 1 aliphatic rings. The topological polar surface area (TPSA) is 65.0 Å². The van der Waals surface area contributed by atoms with Crippen LogP contribution in [-0.2, 0) is 16.0 Å². The summed E-state index contributed by atoms with van der Waals surface area (Å²) in [4.78, 5) is 11.5. The Balaban J connectivity index is 2.24. The third-order valence-electron chi connectivity index (χ3n) is 3.35. The van der Waals surface area contributed by atoms with Crippen LogP contribution in [-0.4, -0.2) is 30.4 Å². The molecule has 21 heavy (non-hydrogen) atoms. The minimum atomic E-state index is -0.963. The molecule has 0 saturated heterocycles. The lowest BCUT2D eigenvalue weighted by Crippen LogP contribution is -2.11. The Hall–Kier alpha value is -1.75. The molecule has 0 spiro atoms. The van der Waals surface area contributed by atoms with Crippen molar-refractivity contribution in [2.75, 3.05) is 13.2 Å². The smallest absolute Gasteiger partial charge is 0.308 e. The number of aliphatic hydroxyl groups is 1. The summed E-state index contributed by atoms with van der Waals surface area (Å²) in [6, 6.07) is 3.67. The Kier molecular flexibility index (Phi) is 5.07. The van der Waals surface area contributed by atoms with Gasteiger partial charge in [-0.15, -0.1) is 0 Å². The average molecular weight is 294 g/mol. The van der Waals surface area contributed by atoms with Crippen LogP contribution in [0.2, 0.25) is 0 Å². The summed E-state index contributed by atoms with van der Waals surface area (Å²) >= 11 is 0. The van der Waals surface area contributed by atoms with E-state index in [1.807, 2.05) is 19.9 Å². The first kappa shape index (κ1) is 15.6. The van der Waals surface area contributed by atoms with Gasteiger partial charge in [-0.05, 0) is 32.9 Å². The van der Waals surface area contributed by atoms with E-state index in [4.69, 9.17) is 14.2 Å². The fourth-order valence-electron chi connectivity index (χ4n) is 2.48. The van der Waals surface area contributed by atoms with E-state index < -0.39 is 12.1 Å². The van der Waals surface area contributed by atoms with Gasteiger partial charge in [0.25, 0.3) is 0 Å². The lowest BCUT2D eigenvalue weighted by Gasteiger charge is -2.16. The van der Waals surface area contributed by atoms with Crippen LogP contribution < -0.4 is 9.47 Å². The van der Waals surface area contributed by atoms with Gasteiger partial charge in [0, 0.05) is 17.5 Å². The summed E-state index contributed by atoms with van der Waals surface area (Å²) in [7, 11) is 0. The molecule has 0 radical (unpaired) electrons. The second kappa shape index (κ2) is 6.80. The predicted octanol–water partition coefficient (Wildman–Crippen LogP) is 2.40. The summed E-state index contributed by atoms with van der Waals surface area (Å²) in [5.74, 6) is 0.928. The Bertz CT molecular complexity index is 512. The number of hydrogen-bond donors (Lipinski definition) is 1. The molecular formula is C16H22O5. The Morgan fingerprint density at radius 1 is 1.43 bits per heavy atom. The van der Waals surface area contributed by atoms with Crippen molar-refractivity contribution in [1.82, 2.24) is 0 Å². The number of rotatable bonds is 6. The van der Waals surface area contributed by atoms with Crippen LogP contribution in [0.3, 0.4) is 0 Å². The highest BCUT2D eigenvalue weighted by atomic mass is 16.5. The van der Waals surface area contributed by atoms with Gasteiger partial charge in [0.1, 0.15) is 17.6 Å². The molecule has 5 heteroatoms. The molecule has 0 aliphatic carbocycles. The highest BCUT2D eigenvalue weighted by Gasteiger charge is 2.25. The molecule has 0 aromatic heterocycles. The van der Waals surface area contributed by atoms with Crippen LogP contribution >= 0.6 is 0 Å². The van der Waals surface area contributed by atoms with E-state index in [1.165, 1.54) is 0 Å². The molecule has 1 N–H and O–H groups in total. The Morgan fingerprint density at radius 3 is 2.86 bits per heavy atom. The second-order valence-electron chi connectivity index (χ2n) is 5.09. The third kappa shape index (κ3) is 3.67. The first-order chi connectivity index (χ1) is 10.0. The van der Waals surface area contributed by atoms with Crippen LogP contribution in [0.1, 0.15) is 44.4 Å². The highest BCUT2D eigenvalue weighted by Crippen LogP contribution is 2.38. The number of carbonyl (C=O) groups is 1. The number of aliphatic hydroxyl groups excluding tert-OH is 1. The van der Waals surface area contributed by atoms with Crippen LogP contribution in [0.25, 0.3) is 0 Å². The number of esters is 1. The van der Waals surface area contributed by atoms with Crippen molar-refractivity contribution in [1.29, 1.82) is 0 Å². The molecule has 1 aliphatic heterocycles. The van der Waals surface area contributed by atoms with Gasteiger partial charge >= 0.3 is 5.97 Å². The van der Waals surface area contributed by atoms with Crippen molar-refractivity contribution in [2.24, 2.45) is 0 Å². The van der Waals surface area contributed by atoms with E-state index in [0.29, 0.717) is 24.5 Å². The van der Waals surface area contributed by atoms with Gasteiger partial charge in [-0.3, -0.25) is 4.79 Å². The molecule has 116 valence electrons. The normalized spacial score (nSPS) is 17.8. The Labute approximate surface area is 124 Å². The third-order valence-corrected chi connectivity index (χ3v) is 3.35. The second-order valence-corrected chi connectivity index (χ2v) is 5.09. The summed E-state index contributed by atoms with van der Waals surface area (Å²) in [6.07, 6.45) is -0.117. The zero-order chi connectivity index (χ0) is 15.4. The average Bonchev–Trinajstić information content (AvgIpc) is 2.77. The van der Waals surface area contributed by atoms with Gasteiger partial charge in [0.05, 0.1) is 25.7 Å². The molecular weight excluding hydrogens is 272 g/mol. The van der Waals surface area contributed by atoms with Gasteiger partial charge in [0.15, 0.2) is 0 Å². The first-order valence-electron chi connectivity index (χ1n) is 7.35. The molecule has 1 heterocycles. The number of benzene rings is 1. The number of ether oxygens (including phenoxy) is 3. The van der Waals surface area contributed by atoms with E-state index in [2.05, 4.69) is 0 Å². The fourth-order valence-corrected chi connectivity index (χ4v) is 2.48. The molecule has 2 atom stereocenters. The van der Waals surface area contributed by atoms with Crippen LogP contribution in [0.4, 0.5) is 0 Å². The predicted molar refractivity (Wildman–Crippen MR) is 77.6 cm³/mol. The van der Waals surface area contributed by atoms with E-state index >= 15 is 0 Å². The maximum absolute atomic E-state index is 11.5. The van der Waals surface area contributed by atoms with Crippen molar-refractivity contribution in [3.63, 3.8) is 0 Å². The lowest BCUT2D eigenvalue weighted by molar-refractivity contribution is -0.145. The molecule has 1 aromatic carbocycles. The van der Waals surface area contributed by atoms with Crippen molar-refractivity contribution in [3.8, 4) is 11.5 Å². The molecule has 0 amide bonds. The minimum absolute atomic E-state index is 0.0950. The molecule has 2 unspecified atom stereocenters. The molecule has 0 saturated carbocycles. The molecule has 0 bridgehead atoms. The Morgan fingerprint density at radius 2 is 2.19 bits per heavy atom. The first-order valence-corrected chi connectivity index (χ1v) is 7.35. The van der Waals surface area contributed by atoms with E-state index in [1.54, 1.807) is 13.0 Å². The monoisotopic (exact) mass is 294 g/mol. The SMILES string of the molecule is CCOC(=O)CC(O)c1cc2c(cc1OCC)CC(C)O2. The lowest BCUT2D eigenvalue weighted by atomic mass is 10.0. The minimum Gasteiger partial charge on any atom is -0.493 e.